The number of hydrogen-bond acceptors (Lipinski definition) is 5. The van der Waals surface area contributed by atoms with Gasteiger partial charge in [-0.2, -0.15) is 0 Å². The van der Waals surface area contributed by atoms with Gasteiger partial charge in [0.25, 0.3) is 0 Å². The Balaban J connectivity index is 1.89. The third-order valence-corrected chi connectivity index (χ3v) is 5.59. The number of ether oxygens (including phenoxy) is 3. The molecular weight excluding hydrogens is 430 g/mol. The molecule has 1 atom stereocenters. The van der Waals surface area contributed by atoms with Gasteiger partial charge in [-0.25, -0.2) is 4.79 Å². The van der Waals surface area contributed by atoms with E-state index < -0.39 is 17.2 Å². The topological polar surface area (TPSA) is 77.0 Å². The van der Waals surface area contributed by atoms with Crippen LogP contribution in [-0.2, 0) is 33.5 Å². The lowest BCUT2D eigenvalue weighted by Crippen LogP contribution is -2.56. The molecule has 2 aromatic rings. The third-order valence-electron chi connectivity index (χ3n) is 5.59. The van der Waals surface area contributed by atoms with Crippen LogP contribution in [0, 0.1) is 0 Å². The van der Waals surface area contributed by atoms with E-state index in [-0.39, 0.29) is 20.0 Å². The molecule has 34 heavy (non-hydrogen) atoms. The van der Waals surface area contributed by atoms with E-state index in [1.807, 2.05) is 0 Å². The van der Waals surface area contributed by atoms with Crippen LogP contribution in [-0.4, -0.2) is 49.5 Å². The SMILES string of the molecule is COCOCC(CO)(CCc1ccc(CCCCc2ccccc2)cc1)NC(=O)OC(C)(C)C. The number of carbonyl (C=O) groups is 1. The second kappa shape index (κ2) is 14.1. The van der Waals surface area contributed by atoms with Gasteiger partial charge in [0.2, 0.25) is 0 Å². The molecule has 6 nitrogen and oxygen atoms in total. The smallest absolute Gasteiger partial charge is 0.408 e. The van der Waals surface area contributed by atoms with E-state index in [9.17, 15) is 9.90 Å². The summed E-state index contributed by atoms with van der Waals surface area (Å²) < 4.78 is 15.9. The van der Waals surface area contributed by atoms with Crippen LogP contribution >= 0.6 is 0 Å². The van der Waals surface area contributed by atoms with Crippen LogP contribution in [0.2, 0.25) is 0 Å². The zero-order chi connectivity index (χ0) is 24.9. The molecule has 188 valence electrons. The van der Waals surface area contributed by atoms with Gasteiger partial charge < -0.3 is 24.6 Å². The Kier molecular flexibility index (Phi) is 11.5. The van der Waals surface area contributed by atoms with Gasteiger partial charge in [0.15, 0.2) is 0 Å². The van der Waals surface area contributed by atoms with Crippen LogP contribution in [0.25, 0.3) is 0 Å². The molecule has 1 unspecified atom stereocenters. The highest BCUT2D eigenvalue weighted by Crippen LogP contribution is 2.19. The molecule has 0 fully saturated rings. The maximum atomic E-state index is 12.4. The lowest BCUT2D eigenvalue weighted by molar-refractivity contribution is -0.0645. The quantitative estimate of drug-likeness (QED) is 0.297. The van der Waals surface area contributed by atoms with Crippen molar-refractivity contribution in [1.29, 1.82) is 0 Å². The molecular formula is C28H41NO5. The van der Waals surface area contributed by atoms with Crippen molar-refractivity contribution in [1.82, 2.24) is 5.32 Å². The van der Waals surface area contributed by atoms with Crippen molar-refractivity contribution >= 4 is 6.09 Å². The number of rotatable bonds is 14. The summed E-state index contributed by atoms with van der Waals surface area (Å²) in [5.74, 6) is 0. The van der Waals surface area contributed by atoms with Gasteiger partial charge in [0, 0.05) is 7.11 Å². The van der Waals surface area contributed by atoms with Crippen LogP contribution in [0.15, 0.2) is 54.6 Å². The molecule has 0 radical (unpaired) electrons. The summed E-state index contributed by atoms with van der Waals surface area (Å²) in [7, 11) is 1.53. The molecule has 0 aliphatic rings. The molecule has 2 N–H and O–H groups in total. The highest BCUT2D eigenvalue weighted by molar-refractivity contribution is 5.68. The van der Waals surface area contributed by atoms with E-state index in [2.05, 4.69) is 59.9 Å². The zero-order valence-electron chi connectivity index (χ0n) is 21.1. The largest absolute Gasteiger partial charge is 0.444 e. The van der Waals surface area contributed by atoms with Crippen molar-refractivity contribution in [2.75, 3.05) is 27.1 Å². The molecule has 1 amide bonds. The number of carbonyl (C=O) groups excluding carboxylic acids is 1. The minimum Gasteiger partial charge on any atom is -0.444 e. The molecule has 0 aliphatic heterocycles. The summed E-state index contributed by atoms with van der Waals surface area (Å²) >= 11 is 0. The van der Waals surface area contributed by atoms with Crippen molar-refractivity contribution in [2.24, 2.45) is 0 Å². The maximum Gasteiger partial charge on any atom is 0.408 e. The van der Waals surface area contributed by atoms with Crippen LogP contribution in [0.3, 0.4) is 0 Å². The second-order valence-corrected chi connectivity index (χ2v) is 9.83. The predicted molar refractivity (Wildman–Crippen MR) is 135 cm³/mol. The van der Waals surface area contributed by atoms with E-state index in [1.165, 1.54) is 24.7 Å². The van der Waals surface area contributed by atoms with Crippen molar-refractivity contribution in [2.45, 2.75) is 70.4 Å². The van der Waals surface area contributed by atoms with E-state index in [0.717, 1.165) is 24.8 Å². The molecule has 2 rings (SSSR count). The number of methoxy groups -OCH3 is 1. The normalized spacial score (nSPS) is 13.3. The molecule has 0 aromatic heterocycles. The first-order valence-electron chi connectivity index (χ1n) is 12.1. The molecule has 0 bridgehead atoms. The number of benzene rings is 2. The van der Waals surface area contributed by atoms with Gasteiger partial charge in [0.05, 0.1) is 18.8 Å². The van der Waals surface area contributed by atoms with E-state index in [4.69, 9.17) is 14.2 Å². The van der Waals surface area contributed by atoms with Crippen molar-refractivity contribution in [3.63, 3.8) is 0 Å². The first kappa shape index (κ1) is 27.8. The molecule has 2 aromatic carbocycles. The fourth-order valence-electron chi connectivity index (χ4n) is 3.73. The van der Waals surface area contributed by atoms with Crippen LogP contribution in [0.5, 0.6) is 0 Å². The Morgan fingerprint density at radius 3 is 1.97 bits per heavy atom. The number of unbranched alkanes of at least 4 members (excludes halogenated alkanes) is 1. The number of hydrogen-bond donors (Lipinski definition) is 2. The van der Waals surface area contributed by atoms with Gasteiger partial charge >= 0.3 is 6.09 Å². The van der Waals surface area contributed by atoms with Gasteiger partial charge in [-0.05, 0) is 76.0 Å². The average molecular weight is 472 g/mol. The molecule has 0 spiro atoms. The Labute approximate surface area is 204 Å². The lowest BCUT2D eigenvalue weighted by atomic mass is 9.92. The highest BCUT2D eigenvalue weighted by atomic mass is 16.7. The van der Waals surface area contributed by atoms with E-state index in [0.29, 0.717) is 12.8 Å². The van der Waals surface area contributed by atoms with Gasteiger partial charge in [-0.15, -0.1) is 0 Å². The Morgan fingerprint density at radius 1 is 0.882 bits per heavy atom. The Hall–Kier alpha value is -2.41. The molecule has 6 heteroatoms. The fourth-order valence-corrected chi connectivity index (χ4v) is 3.73. The number of amides is 1. The summed E-state index contributed by atoms with van der Waals surface area (Å²) in [5.41, 5.74) is 2.26. The molecule has 0 saturated heterocycles. The third kappa shape index (κ3) is 10.7. The standard InChI is InChI=1S/C28H41NO5/c1-27(2,3)34-26(31)29-28(20-30,21-33-22-32-4)19-18-25-16-14-24(15-17-25)13-9-8-12-23-10-6-5-7-11-23/h5-7,10-11,14-17,30H,8-9,12-13,18-22H2,1-4H3,(H,29,31). The van der Waals surface area contributed by atoms with Crippen molar-refractivity contribution in [3.8, 4) is 0 Å². The minimum absolute atomic E-state index is 0.0801. The van der Waals surface area contributed by atoms with E-state index >= 15 is 0 Å². The molecule has 0 saturated carbocycles. The summed E-state index contributed by atoms with van der Waals surface area (Å²) in [5, 5.41) is 13.0. The number of aliphatic hydroxyl groups excluding tert-OH is 1. The zero-order valence-corrected chi connectivity index (χ0v) is 21.1. The minimum atomic E-state index is -0.961. The van der Waals surface area contributed by atoms with Gasteiger partial charge in [0.1, 0.15) is 12.4 Å². The van der Waals surface area contributed by atoms with Crippen LogP contribution in [0.4, 0.5) is 4.79 Å². The summed E-state index contributed by atoms with van der Waals surface area (Å²) in [6, 6.07) is 19.2. The lowest BCUT2D eigenvalue weighted by Gasteiger charge is -2.33. The first-order valence-corrected chi connectivity index (χ1v) is 12.1. The van der Waals surface area contributed by atoms with Crippen LogP contribution in [0.1, 0.15) is 56.7 Å². The van der Waals surface area contributed by atoms with Gasteiger partial charge in [-0.3, -0.25) is 0 Å². The molecule has 0 heterocycles. The summed E-state index contributed by atoms with van der Waals surface area (Å²) in [6.07, 6.45) is 5.09. The Morgan fingerprint density at radius 2 is 1.44 bits per heavy atom. The van der Waals surface area contributed by atoms with Crippen molar-refractivity contribution < 1.29 is 24.1 Å². The second-order valence-electron chi connectivity index (χ2n) is 9.83. The first-order chi connectivity index (χ1) is 16.3. The number of nitrogens with one attached hydrogen (secondary N) is 1. The average Bonchev–Trinajstić information content (AvgIpc) is 2.80. The number of aliphatic hydroxyl groups is 1. The maximum absolute atomic E-state index is 12.4. The Bertz CT molecular complexity index is 832. The highest BCUT2D eigenvalue weighted by Gasteiger charge is 2.33. The van der Waals surface area contributed by atoms with Crippen LogP contribution < -0.4 is 5.32 Å². The van der Waals surface area contributed by atoms with Crippen molar-refractivity contribution in [3.05, 3.63) is 71.3 Å². The fraction of sp³-hybridized carbons (Fsp3) is 0.536. The predicted octanol–water partition coefficient (Wildman–Crippen LogP) is 5.06. The summed E-state index contributed by atoms with van der Waals surface area (Å²) in [4.78, 5) is 12.4. The van der Waals surface area contributed by atoms with E-state index in [1.54, 1.807) is 20.8 Å². The monoisotopic (exact) mass is 471 g/mol. The number of alkyl carbamates (subject to hydrolysis) is 1. The van der Waals surface area contributed by atoms with Gasteiger partial charge in [-0.1, -0.05) is 54.6 Å². The summed E-state index contributed by atoms with van der Waals surface area (Å²) in [6.45, 7) is 5.34. The number of aryl methyl sites for hydroxylation is 3. The molecule has 0 aliphatic carbocycles.